The van der Waals surface area contributed by atoms with Crippen molar-refractivity contribution < 1.29 is 4.74 Å². The molecule has 3 aromatic rings. The van der Waals surface area contributed by atoms with E-state index in [2.05, 4.69) is 103 Å². The molecule has 1 fully saturated rings. The number of nitrogens with zero attached hydrogens (tertiary/aromatic N) is 3. The average molecular weight is 496 g/mol. The monoisotopic (exact) mass is 495 g/mol. The Kier molecular flexibility index (Phi) is 6.40. The van der Waals surface area contributed by atoms with Gasteiger partial charge in [0.25, 0.3) is 0 Å². The van der Waals surface area contributed by atoms with Gasteiger partial charge in [0, 0.05) is 73.4 Å². The van der Waals surface area contributed by atoms with Crippen LogP contribution in [-0.4, -0.2) is 37.1 Å². The summed E-state index contributed by atoms with van der Waals surface area (Å²) in [6.07, 6.45) is 5.20. The Balaban J connectivity index is 1.62. The predicted molar refractivity (Wildman–Crippen MR) is 154 cm³/mol. The fourth-order valence-corrected chi connectivity index (χ4v) is 7.31. The Morgan fingerprint density at radius 3 is 1.81 bits per heavy atom. The van der Waals surface area contributed by atoms with Crippen LogP contribution in [0.5, 0.6) is 11.5 Å². The van der Waals surface area contributed by atoms with E-state index in [0.29, 0.717) is 6.04 Å². The van der Waals surface area contributed by atoms with Crippen LogP contribution in [0.25, 0.3) is 0 Å². The summed E-state index contributed by atoms with van der Waals surface area (Å²) < 4.78 is 6.87. The lowest BCUT2D eigenvalue weighted by Crippen LogP contribution is -2.49. The highest BCUT2D eigenvalue weighted by molar-refractivity contribution is 5.70. The molecule has 0 saturated heterocycles. The summed E-state index contributed by atoms with van der Waals surface area (Å²) in [6.45, 7) is 13.9. The normalized spacial score (nSPS) is 17.8. The Labute approximate surface area is 222 Å². The first-order valence-electron chi connectivity index (χ1n) is 14.5. The Morgan fingerprint density at radius 1 is 0.730 bits per heavy atom. The zero-order valence-electron chi connectivity index (χ0n) is 23.0. The number of fused-ring (bicyclic) bond motifs is 6. The number of ether oxygens (including phenoxy) is 1. The third-order valence-corrected chi connectivity index (χ3v) is 9.13. The summed E-state index contributed by atoms with van der Waals surface area (Å²) in [5, 5.41) is 0. The van der Waals surface area contributed by atoms with E-state index in [0.717, 1.165) is 44.2 Å². The Hall–Kier alpha value is -2.98. The first-order valence-corrected chi connectivity index (χ1v) is 14.5. The molecule has 4 nitrogen and oxygen atoms in total. The third kappa shape index (κ3) is 3.67. The maximum Gasteiger partial charge on any atom is 0.135 e. The molecule has 0 radical (unpaired) electrons. The maximum absolute atomic E-state index is 6.87. The number of benzene rings is 3. The van der Waals surface area contributed by atoms with E-state index in [1.165, 1.54) is 59.3 Å². The van der Waals surface area contributed by atoms with Crippen molar-refractivity contribution in [3.63, 3.8) is 0 Å². The molecule has 1 spiro atoms. The molecule has 0 unspecified atom stereocenters. The SMILES string of the molecule is CCN(CC)c1ccc2c(c1)Oc1cc(N(CC)CC)ccc1C21c2ccccc2CN1C1CCCC1. The van der Waals surface area contributed by atoms with Gasteiger partial charge in [-0.3, -0.25) is 4.90 Å². The van der Waals surface area contributed by atoms with Crippen LogP contribution in [0, 0.1) is 0 Å². The molecule has 0 N–H and O–H groups in total. The van der Waals surface area contributed by atoms with Crippen molar-refractivity contribution in [2.24, 2.45) is 0 Å². The molecule has 4 heteroatoms. The largest absolute Gasteiger partial charge is 0.456 e. The molecule has 0 bridgehead atoms. The molecule has 2 aliphatic heterocycles. The standard InChI is InChI=1S/C33H41N3O/c1-5-34(6-2)26-17-19-29-31(21-26)37-32-22-27(35(7-3)8-4)18-20-30(32)33(29)28-16-12-9-13-24(28)23-36(33)25-14-10-11-15-25/h9,12-13,16-22,25H,5-8,10-11,14-15,23H2,1-4H3. The third-order valence-electron chi connectivity index (χ3n) is 9.13. The molecule has 1 saturated carbocycles. The van der Waals surface area contributed by atoms with Gasteiger partial charge in [-0.25, -0.2) is 0 Å². The predicted octanol–water partition coefficient (Wildman–Crippen LogP) is 7.53. The van der Waals surface area contributed by atoms with Gasteiger partial charge < -0.3 is 14.5 Å². The first kappa shape index (κ1) is 24.4. The first-order chi connectivity index (χ1) is 18.1. The van der Waals surface area contributed by atoms with Gasteiger partial charge in [-0.1, -0.05) is 49.2 Å². The molecule has 194 valence electrons. The van der Waals surface area contributed by atoms with E-state index < -0.39 is 0 Å². The second kappa shape index (κ2) is 9.72. The molecule has 6 rings (SSSR count). The lowest BCUT2D eigenvalue weighted by molar-refractivity contribution is 0.106. The van der Waals surface area contributed by atoms with Crippen molar-refractivity contribution in [2.45, 2.75) is 71.5 Å². The van der Waals surface area contributed by atoms with Gasteiger partial charge in [-0.15, -0.1) is 0 Å². The number of rotatable bonds is 7. The molecule has 3 aromatic carbocycles. The average Bonchev–Trinajstić information content (AvgIpc) is 3.57. The van der Waals surface area contributed by atoms with E-state index in [-0.39, 0.29) is 5.54 Å². The lowest BCUT2D eigenvalue weighted by atomic mass is 9.74. The summed E-state index contributed by atoms with van der Waals surface area (Å²) >= 11 is 0. The van der Waals surface area contributed by atoms with Crippen LogP contribution in [0.2, 0.25) is 0 Å². The van der Waals surface area contributed by atoms with Crippen LogP contribution in [0.1, 0.15) is 75.6 Å². The summed E-state index contributed by atoms with van der Waals surface area (Å²) in [6, 6.07) is 23.7. The van der Waals surface area contributed by atoms with Crippen molar-refractivity contribution in [3.8, 4) is 11.5 Å². The number of anilines is 2. The second-order valence-electron chi connectivity index (χ2n) is 10.7. The summed E-state index contributed by atoms with van der Waals surface area (Å²) in [4.78, 5) is 7.66. The van der Waals surface area contributed by atoms with Crippen molar-refractivity contribution >= 4 is 11.4 Å². The minimum Gasteiger partial charge on any atom is -0.456 e. The van der Waals surface area contributed by atoms with E-state index in [4.69, 9.17) is 4.74 Å². The van der Waals surface area contributed by atoms with Crippen molar-refractivity contribution in [1.82, 2.24) is 4.90 Å². The Bertz CT molecular complexity index is 1210. The Morgan fingerprint density at radius 2 is 1.27 bits per heavy atom. The smallest absolute Gasteiger partial charge is 0.135 e. The second-order valence-corrected chi connectivity index (χ2v) is 10.7. The molecule has 1 aliphatic carbocycles. The van der Waals surface area contributed by atoms with Gasteiger partial charge >= 0.3 is 0 Å². The van der Waals surface area contributed by atoms with Gasteiger partial charge in [0.15, 0.2) is 0 Å². The topological polar surface area (TPSA) is 19.0 Å². The van der Waals surface area contributed by atoms with Crippen LogP contribution in [-0.2, 0) is 12.1 Å². The van der Waals surface area contributed by atoms with Gasteiger partial charge in [0.1, 0.15) is 17.0 Å². The van der Waals surface area contributed by atoms with E-state index >= 15 is 0 Å². The summed E-state index contributed by atoms with van der Waals surface area (Å²) in [7, 11) is 0. The fourth-order valence-electron chi connectivity index (χ4n) is 7.31. The van der Waals surface area contributed by atoms with Gasteiger partial charge in [-0.05, 0) is 63.8 Å². The van der Waals surface area contributed by atoms with E-state index in [9.17, 15) is 0 Å². The minimum atomic E-state index is -0.321. The fraction of sp³-hybridized carbons (Fsp3) is 0.455. The molecule has 3 aliphatic rings. The molecular formula is C33H41N3O. The maximum atomic E-state index is 6.87. The number of hydrogen-bond donors (Lipinski definition) is 0. The highest BCUT2D eigenvalue weighted by Crippen LogP contribution is 2.59. The lowest BCUT2D eigenvalue weighted by Gasteiger charge is -2.47. The molecule has 2 heterocycles. The minimum absolute atomic E-state index is 0.321. The van der Waals surface area contributed by atoms with Crippen LogP contribution < -0.4 is 14.5 Å². The molecule has 0 atom stereocenters. The van der Waals surface area contributed by atoms with E-state index in [1.807, 2.05) is 0 Å². The van der Waals surface area contributed by atoms with E-state index in [1.54, 1.807) is 0 Å². The summed E-state index contributed by atoms with van der Waals surface area (Å²) in [5.41, 5.74) is 7.62. The summed E-state index contributed by atoms with van der Waals surface area (Å²) in [5.74, 6) is 2.02. The van der Waals surface area contributed by atoms with Gasteiger partial charge in [-0.2, -0.15) is 0 Å². The van der Waals surface area contributed by atoms with Crippen LogP contribution in [0.4, 0.5) is 11.4 Å². The molecule has 37 heavy (non-hydrogen) atoms. The van der Waals surface area contributed by atoms with Gasteiger partial charge in [0.2, 0.25) is 0 Å². The highest BCUT2D eigenvalue weighted by Gasteiger charge is 2.55. The van der Waals surface area contributed by atoms with Crippen molar-refractivity contribution in [2.75, 3.05) is 36.0 Å². The quantitative estimate of drug-likeness (QED) is 0.337. The number of hydrogen-bond acceptors (Lipinski definition) is 4. The van der Waals surface area contributed by atoms with Crippen LogP contribution >= 0.6 is 0 Å². The van der Waals surface area contributed by atoms with Crippen LogP contribution in [0.15, 0.2) is 60.7 Å². The highest BCUT2D eigenvalue weighted by atomic mass is 16.5. The van der Waals surface area contributed by atoms with Crippen molar-refractivity contribution in [1.29, 1.82) is 0 Å². The van der Waals surface area contributed by atoms with Gasteiger partial charge in [0.05, 0.1) is 0 Å². The van der Waals surface area contributed by atoms with Crippen molar-refractivity contribution in [3.05, 3.63) is 82.9 Å². The van der Waals surface area contributed by atoms with Crippen LogP contribution in [0.3, 0.4) is 0 Å². The molecule has 0 amide bonds. The molecule has 0 aromatic heterocycles. The zero-order chi connectivity index (χ0) is 25.6. The zero-order valence-corrected chi connectivity index (χ0v) is 23.0. The molecular weight excluding hydrogens is 454 g/mol.